The summed E-state index contributed by atoms with van der Waals surface area (Å²) in [7, 11) is 0. The number of hydrogen-bond donors (Lipinski definition) is 0. The van der Waals surface area contributed by atoms with Crippen molar-refractivity contribution >= 4 is 35.0 Å². The zero-order chi connectivity index (χ0) is 18.8. The van der Waals surface area contributed by atoms with Gasteiger partial charge in [0.05, 0.1) is 24.5 Å². The summed E-state index contributed by atoms with van der Waals surface area (Å²) in [6.07, 6.45) is 3.98. The Balaban J connectivity index is 1.63. The summed E-state index contributed by atoms with van der Waals surface area (Å²) >= 11 is 14.2. The lowest BCUT2D eigenvalue weighted by Crippen LogP contribution is -2.16. The van der Waals surface area contributed by atoms with Crippen molar-refractivity contribution in [3.63, 3.8) is 0 Å². The average molecular weight is 424 g/mol. The molecule has 3 aromatic rings. The Hall–Kier alpha value is -1.47. The monoisotopic (exact) mass is 423 g/mol. The molecule has 27 heavy (non-hydrogen) atoms. The lowest BCUT2D eigenvalue weighted by molar-refractivity contribution is 0.0953. The molecule has 1 aliphatic heterocycles. The molecule has 4 rings (SSSR count). The van der Waals surface area contributed by atoms with E-state index < -0.39 is 0 Å². The average Bonchev–Trinajstić information content (AvgIpc) is 3.37. The van der Waals surface area contributed by atoms with Crippen LogP contribution in [0.5, 0.6) is 0 Å². The first kappa shape index (κ1) is 18.9. The number of aryl methyl sites for hydroxylation is 1. The van der Waals surface area contributed by atoms with E-state index in [4.69, 9.17) is 32.4 Å². The van der Waals surface area contributed by atoms with Gasteiger partial charge >= 0.3 is 0 Å². The number of aromatic nitrogens is 3. The van der Waals surface area contributed by atoms with E-state index >= 15 is 0 Å². The molecule has 1 unspecified atom stereocenters. The molecule has 8 heteroatoms. The molecule has 0 amide bonds. The van der Waals surface area contributed by atoms with Crippen LogP contribution in [0.2, 0.25) is 10.0 Å². The van der Waals surface area contributed by atoms with Gasteiger partial charge in [0.15, 0.2) is 11.0 Å². The smallest absolute Gasteiger partial charge is 0.191 e. The molecule has 0 bridgehead atoms. The molecule has 1 aliphatic rings. The number of thioether (sulfide) groups is 1. The van der Waals surface area contributed by atoms with Crippen LogP contribution in [0.25, 0.3) is 11.4 Å². The van der Waals surface area contributed by atoms with Crippen LogP contribution in [0.4, 0.5) is 0 Å². The van der Waals surface area contributed by atoms with Gasteiger partial charge in [-0.1, -0.05) is 41.0 Å². The van der Waals surface area contributed by atoms with Crippen molar-refractivity contribution in [2.75, 3.05) is 6.61 Å². The maximum Gasteiger partial charge on any atom is 0.191 e. The summed E-state index contributed by atoms with van der Waals surface area (Å²) in [6.45, 7) is 3.45. The highest BCUT2D eigenvalue weighted by atomic mass is 35.5. The predicted molar refractivity (Wildman–Crippen MR) is 107 cm³/mol. The lowest BCUT2D eigenvalue weighted by atomic mass is 10.2. The van der Waals surface area contributed by atoms with E-state index in [-0.39, 0.29) is 6.10 Å². The van der Waals surface area contributed by atoms with Crippen LogP contribution in [0.15, 0.2) is 40.1 Å². The molecule has 5 nitrogen and oxygen atoms in total. The molecule has 3 heterocycles. The van der Waals surface area contributed by atoms with Crippen molar-refractivity contribution in [1.29, 1.82) is 0 Å². The van der Waals surface area contributed by atoms with Crippen molar-refractivity contribution in [3.8, 4) is 11.4 Å². The standard InChI is InChI=1S/C19H19Cl2N3O2S/c1-12-14(7-9-25-12)18-22-23-19(24(18)10-13-4-3-8-26-13)27-11-15-16(20)5-2-6-17(15)21/h2,5-7,9,13H,3-4,8,10-11H2,1H3. The highest BCUT2D eigenvalue weighted by Gasteiger charge is 2.23. The predicted octanol–water partition coefficient (Wildman–Crippen LogP) is 5.62. The van der Waals surface area contributed by atoms with Gasteiger partial charge < -0.3 is 9.15 Å². The minimum atomic E-state index is 0.176. The van der Waals surface area contributed by atoms with Gasteiger partial charge in [-0.15, -0.1) is 10.2 Å². The maximum absolute atomic E-state index is 6.31. The lowest BCUT2D eigenvalue weighted by Gasteiger charge is -2.14. The summed E-state index contributed by atoms with van der Waals surface area (Å²) in [6, 6.07) is 7.46. The molecule has 0 aliphatic carbocycles. The second-order valence-corrected chi connectivity index (χ2v) is 8.19. The first-order chi connectivity index (χ1) is 13.1. The summed E-state index contributed by atoms with van der Waals surface area (Å²) in [5, 5.41) is 11.0. The number of hydrogen-bond acceptors (Lipinski definition) is 5. The van der Waals surface area contributed by atoms with Gasteiger partial charge in [-0.2, -0.15) is 0 Å². The molecule has 2 aromatic heterocycles. The van der Waals surface area contributed by atoms with Crippen LogP contribution in [0.3, 0.4) is 0 Å². The second kappa shape index (κ2) is 8.27. The van der Waals surface area contributed by atoms with Crippen molar-refractivity contribution in [3.05, 3.63) is 51.9 Å². The Morgan fingerprint density at radius 1 is 1.22 bits per heavy atom. The highest BCUT2D eigenvalue weighted by molar-refractivity contribution is 7.98. The van der Waals surface area contributed by atoms with E-state index in [1.165, 1.54) is 0 Å². The highest BCUT2D eigenvalue weighted by Crippen LogP contribution is 2.33. The van der Waals surface area contributed by atoms with Crippen LogP contribution < -0.4 is 0 Å². The third kappa shape index (κ3) is 4.04. The van der Waals surface area contributed by atoms with Gasteiger partial charge in [-0.3, -0.25) is 4.57 Å². The van der Waals surface area contributed by atoms with Crippen LogP contribution in [-0.2, 0) is 17.0 Å². The first-order valence-corrected chi connectivity index (χ1v) is 10.5. The largest absolute Gasteiger partial charge is 0.469 e. The summed E-state index contributed by atoms with van der Waals surface area (Å²) < 4.78 is 13.4. The van der Waals surface area contributed by atoms with E-state index in [1.807, 2.05) is 31.2 Å². The van der Waals surface area contributed by atoms with E-state index in [0.717, 1.165) is 47.3 Å². The molecule has 1 saturated heterocycles. The molecule has 0 saturated carbocycles. The molecule has 1 fully saturated rings. The van der Waals surface area contributed by atoms with Gasteiger partial charge in [0.25, 0.3) is 0 Å². The van der Waals surface area contributed by atoms with Crippen molar-refractivity contribution in [2.45, 2.75) is 43.3 Å². The van der Waals surface area contributed by atoms with Crippen molar-refractivity contribution < 1.29 is 9.15 Å². The Labute approximate surface area is 172 Å². The fourth-order valence-electron chi connectivity index (χ4n) is 3.18. The Bertz CT molecular complexity index is 915. The SMILES string of the molecule is Cc1occc1-c1nnc(SCc2c(Cl)cccc2Cl)n1CC1CCCO1. The van der Waals surface area contributed by atoms with Crippen molar-refractivity contribution in [1.82, 2.24) is 14.8 Å². The zero-order valence-electron chi connectivity index (χ0n) is 14.8. The Kier molecular flexibility index (Phi) is 5.78. The van der Waals surface area contributed by atoms with Crippen LogP contribution in [0, 0.1) is 6.92 Å². The van der Waals surface area contributed by atoms with E-state index in [1.54, 1.807) is 18.0 Å². The van der Waals surface area contributed by atoms with Gasteiger partial charge in [-0.25, -0.2) is 0 Å². The molecule has 0 radical (unpaired) electrons. The number of ether oxygens (including phenoxy) is 1. The Morgan fingerprint density at radius 3 is 2.70 bits per heavy atom. The van der Waals surface area contributed by atoms with E-state index in [2.05, 4.69) is 14.8 Å². The van der Waals surface area contributed by atoms with E-state index in [9.17, 15) is 0 Å². The van der Waals surface area contributed by atoms with Crippen LogP contribution >= 0.6 is 35.0 Å². The quantitative estimate of drug-likeness (QED) is 0.481. The minimum absolute atomic E-state index is 0.176. The molecular formula is C19H19Cl2N3O2S. The molecule has 1 atom stereocenters. The molecule has 0 N–H and O–H groups in total. The molecule has 0 spiro atoms. The number of nitrogens with zero attached hydrogens (tertiary/aromatic N) is 3. The van der Waals surface area contributed by atoms with Gasteiger partial charge in [0, 0.05) is 22.4 Å². The number of halogens is 2. The number of benzene rings is 1. The fraction of sp³-hybridized carbons (Fsp3) is 0.368. The minimum Gasteiger partial charge on any atom is -0.469 e. The third-order valence-corrected chi connectivity index (χ3v) is 6.34. The summed E-state index contributed by atoms with van der Waals surface area (Å²) in [5.41, 5.74) is 1.85. The fourth-order valence-corrected chi connectivity index (χ4v) is 4.86. The molecule has 142 valence electrons. The molecule has 1 aromatic carbocycles. The second-order valence-electron chi connectivity index (χ2n) is 6.43. The topological polar surface area (TPSA) is 53.1 Å². The third-order valence-electron chi connectivity index (χ3n) is 4.63. The van der Waals surface area contributed by atoms with E-state index in [0.29, 0.717) is 22.3 Å². The van der Waals surface area contributed by atoms with Gasteiger partial charge in [-0.05, 0) is 43.5 Å². The van der Waals surface area contributed by atoms with Gasteiger partial charge in [0.2, 0.25) is 0 Å². The van der Waals surface area contributed by atoms with Gasteiger partial charge in [0.1, 0.15) is 5.76 Å². The summed E-state index contributed by atoms with van der Waals surface area (Å²) in [5.74, 6) is 2.23. The molecular weight excluding hydrogens is 405 g/mol. The summed E-state index contributed by atoms with van der Waals surface area (Å²) in [4.78, 5) is 0. The number of furan rings is 1. The van der Waals surface area contributed by atoms with Crippen molar-refractivity contribution in [2.24, 2.45) is 0 Å². The normalized spacial score (nSPS) is 16.9. The zero-order valence-corrected chi connectivity index (χ0v) is 17.2. The van der Waals surface area contributed by atoms with Crippen LogP contribution in [0.1, 0.15) is 24.2 Å². The number of rotatable bonds is 6. The Morgan fingerprint density at radius 2 is 2.04 bits per heavy atom. The first-order valence-electron chi connectivity index (χ1n) is 8.78. The van der Waals surface area contributed by atoms with Crippen LogP contribution in [-0.4, -0.2) is 27.5 Å². The maximum atomic E-state index is 6.31.